The molecule has 0 bridgehead atoms. The maximum atomic E-state index is 11.3. The van der Waals surface area contributed by atoms with E-state index in [-0.39, 0.29) is 5.56 Å². The minimum absolute atomic E-state index is 0.271. The van der Waals surface area contributed by atoms with Crippen LogP contribution in [0.2, 0.25) is 0 Å². The molecule has 4 heteroatoms. The Labute approximate surface area is 101 Å². The average Bonchev–Trinajstić information content (AvgIpc) is 2.34. The molecule has 1 aromatic rings. The molecule has 0 aromatic heterocycles. The number of primary amides is 1. The van der Waals surface area contributed by atoms with Crippen LogP contribution in [0.25, 0.3) is 0 Å². The van der Waals surface area contributed by atoms with Crippen molar-refractivity contribution in [2.24, 2.45) is 5.73 Å². The highest BCUT2D eigenvalue weighted by Gasteiger charge is 2.17. The molecule has 0 radical (unpaired) electrons. The smallest absolute Gasteiger partial charge is 0.252 e. The van der Waals surface area contributed by atoms with Crippen molar-refractivity contribution in [3.05, 3.63) is 28.8 Å². The van der Waals surface area contributed by atoms with E-state index in [1.54, 1.807) is 12.1 Å². The summed E-state index contributed by atoms with van der Waals surface area (Å²) in [5.41, 5.74) is 6.82. The molecule has 2 N–H and O–H groups in total. The van der Waals surface area contributed by atoms with Crippen LogP contribution in [0.4, 0.5) is 0 Å². The van der Waals surface area contributed by atoms with Gasteiger partial charge in [-0.3, -0.25) is 4.79 Å². The van der Waals surface area contributed by atoms with Crippen molar-refractivity contribution in [1.29, 1.82) is 5.26 Å². The van der Waals surface area contributed by atoms with Gasteiger partial charge in [0.15, 0.2) is 0 Å². The zero-order chi connectivity index (χ0) is 12.8. The minimum Gasteiger partial charge on any atom is -0.491 e. The summed E-state index contributed by atoms with van der Waals surface area (Å²) in [6.45, 7) is 4.37. The second kappa shape index (κ2) is 5.90. The lowest BCUT2D eigenvalue weighted by molar-refractivity contribution is 0.0996. The van der Waals surface area contributed by atoms with Crippen molar-refractivity contribution < 1.29 is 9.53 Å². The molecule has 0 saturated carbocycles. The lowest BCUT2D eigenvalue weighted by Crippen LogP contribution is -2.15. The first kappa shape index (κ1) is 13.0. The molecule has 0 aliphatic heterocycles. The van der Waals surface area contributed by atoms with Crippen molar-refractivity contribution in [3.8, 4) is 11.8 Å². The summed E-state index contributed by atoms with van der Waals surface area (Å²) in [6, 6.07) is 5.45. The molecule has 0 unspecified atom stereocenters. The van der Waals surface area contributed by atoms with Gasteiger partial charge in [0.05, 0.1) is 17.7 Å². The number of amides is 1. The summed E-state index contributed by atoms with van der Waals surface area (Å²) in [5, 5.41) is 9.15. The van der Waals surface area contributed by atoms with Crippen molar-refractivity contribution in [2.75, 3.05) is 6.61 Å². The molecule has 0 aliphatic carbocycles. The van der Waals surface area contributed by atoms with Gasteiger partial charge in [0.1, 0.15) is 11.8 Å². The molecule has 0 saturated heterocycles. The number of aryl methyl sites for hydroxylation is 1. The Morgan fingerprint density at radius 1 is 1.47 bits per heavy atom. The largest absolute Gasteiger partial charge is 0.491 e. The van der Waals surface area contributed by atoms with Crippen molar-refractivity contribution >= 4 is 5.91 Å². The van der Waals surface area contributed by atoms with Gasteiger partial charge in [-0.15, -0.1) is 0 Å². The fourth-order valence-electron chi connectivity index (χ4n) is 1.59. The molecule has 0 fully saturated rings. The zero-order valence-electron chi connectivity index (χ0n) is 10.1. The van der Waals surface area contributed by atoms with Gasteiger partial charge in [-0.25, -0.2) is 0 Å². The van der Waals surface area contributed by atoms with Gasteiger partial charge in [0.25, 0.3) is 5.91 Å². The number of rotatable bonds is 5. The van der Waals surface area contributed by atoms with Crippen LogP contribution in [0.1, 0.15) is 41.8 Å². The monoisotopic (exact) mass is 232 g/mol. The zero-order valence-corrected chi connectivity index (χ0v) is 10.1. The molecular weight excluding hydrogens is 216 g/mol. The van der Waals surface area contributed by atoms with E-state index in [1.165, 1.54) is 0 Å². The van der Waals surface area contributed by atoms with Gasteiger partial charge in [-0.1, -0.05) is 19.9 Å². The van der Waals surface area contributed by atoms with Gasteiger partial charge < -0.3 is 10.5 Å². The molecule has 0 atom stereocenters. The van der Waals surface area contributed by atoms with Crippen LogP contribution in [0.15, 0.2) is 12.1 Å². The van der Waals surface area contributed by atoms with Crippen LogP contribution in [0.5, 0.6) is 5.75 Å². The number of hydrogen-bond donors (Lipinski definition) is 1. The van der Waals surface area contributed by atoms with E-state index in [9.17, 15) is 4.79 Å². The average molecular weight is 232 g/mol. The summed E-state index contributed by atoms with van der Waals surface area (Å²) in [5.74, 6) is -0.253. The van der Waals surface area contributed by atoms with Crippen molar-refractivity contribution in [1.82, 2.24) is 0 Å². The number of ether oxygens (including phenoxy) is 1. The fraction of sp³-hybridized carbons (Fsp3) is 0.385. The number of hydrogen-bond acceptors (Lipinski definition) is 3. The Kier molecular flexibility index (Phi) is 4.53. The number of nitrogens with two attached hydrogens (primary N) is 1. The molecule has 0 spiro atoms. The van der Waals surface area contributed by atoms with Crippen LogP contribution in [-0.2, 0) is 6.42 Å². The van der Waals surface area contributed by atoms with E-state index >= 15 is 0 Å². The van der Waals surface area contributed by atoms with E-state index in [2.05, 4.69) is 6.07 Å². The highest BCUT2D eigenvalue weighted by atomic mass is 16.5. The van der Waals surface area contributed by atoms with E-state index in [0.29, 0.717) is 24.3 Å². The van der Waals surface area contributed by atoms with Crippen LogP contribution >= 0.6 is 0 Å². The van der Waals surface area contributed by atoms with Crippen molar-refractivity contribution in [2.45, 2.75) is 26.7 Å². The number of carbonyl (C=O) groups is 1. The number of benzene rings is 1. The highest BCUT2D eigenvalue weighted by Crippen LogP contribution is 2.27. The van der Waals surface area contributed by atoms with Crippen LogP contribution in [-0.4, -0.2) is 12.5 Å². The van der Waals surface area contributed by atoms with Gasteiger partial charge in [-0.2, -0.15) is 5.26 Å². The van der Waals surface area contributed by atoms with Crippen LogP contribution in [0, 0.1) is 11.3 Å². The third-order valence-corrected chi connectivity index (χ3v) is 2.45. The highest BCUT2D eigenvalue weighted by molar-refractivity contribution is 5.96. The first-order chi connectivity index (χ1) is 8.15. The number of carbonyl (C=O) groups excluding carboxylic acids is 1. The molecular formula is C13H16N2O2. The third kappa shape index (κ3) is 2.76. The predicted octanol–water partition coefficient (Wildman–Crippen LogP) is 2.01. The van der Waals surface area contributed by atoms with E-state index in [4.69, 9.17) is 15.7 Å². The maximum Gasteiger partial charge on any atom is 0.252 e. The molecule has 0 heterocycles. The fourth-order valence-corrected chi connectivity index (χ4v) is 1.59. The predicted molar refractivity (Wildman–Crippen MR) is 64.8 cm³/mol. The summed E-state index contributed by atoms with van der Waals surface area (Å²) in [6.07, 6.45) is 1.52. The summed E-state index contributed by atoms with van der Waals surface area (Å²) in [4.78, 5) is 11.3. The Bertz CT molecular complexity index is 461. The molecule has 90 valence electrons. The number of nitrogens with zero attached hydrogens (tertiary/aromatic N) is 1. The minimum atomic E-state index is -0.574. The molecule has 1 aromatic carbocycles. The molecule has 1 rings (SSSR count). The molecule has 17 heavy (non-hydrogen) atoms. The topological polar surface area (TPSA) is 76.1 Å². The number of nitriles is 1. The third-order valence-electron chi connectivity index (χ3n) is 2.45. The normalized spacial score (nSPS) is 9.71. The Hall–Kier alpha value is -2.02. The van der Waals surface area contributed by atoms with E-state index in [0.717, 1.165) is 12.0 Å². The van der Waals surface area contributed by atoms with E-state index < -0.39 is 5.91 Å². The van der Waals surface area contributed by atoms with Crippen LogP contribution in [0.3, 0.4) is 0 Å². The molecule has 1 amide bonds. The molecule has 4 nitrogen and oxygen atoms in total. The van der Waals surface area contributed by atoms with Gasteiger partial charge >= 0.3 is 0 Å². The SMILES string of the molecule is CCCOc1c(C(N)=O)ccc(CC)c1C#N. The van der Waals surface area contributed by atoms with E-state index in [1.807, 2.05) is 13.8 Å². The lowest BCUT2D eigenvalue weighted by atomic mass is 10.0. The molecule has 0 aliphatic rings. The summed E-state index contributed by atoms with van der Waals surface area (Å²) < 4.78 is 5.49. The summed E-state index contributed by atoms with van der Waals surface area (Å²) in [7, 11) is 0. The Balaban J connectivity index is 3.34. The van der Waals surface area contributed by atoms with Crippen molar-refractivity contribution in [3.63, 3.8) is 0 Å². The van der Waals surface area contributed by atoms with Gasteiger partial charge in [-0.05, 0) is 24.5 Å². The first-order valence-corrected chi connectivity index (χ1v) is 5.64. The Morgan fingerprint density at radius 3 is 2.65 bits per heavy atom. The summed E-state index contributed by atoms with van der Waals surface area (Å²) >= 11 is 0. The quantitative estimate of drug-likeness (QED) is 0.843. The lowest BCUT2D eigenvalue weighted by Gasteiger charge is -2.13. The standard InChI is InChI=1S/C13H16N2O2/c1-3-7-17-12-10(13(15)16)6-5-9(4-2)11(12)8-14/h5-6H,3-4,7H2,1-2H3,(H2,15,16). The van der Waals surface area contributed by atoms with Crippen LogP contribution < -0.4 is 10.5 Å². The second-order valence-corrected chi connectivity index (χ2v) is 3.65. The van der Waals surface area contributed by atoms with Gasteiger partial charge in [0.2, 0.25) is 0 Å². The first-order valence-electron chi connectivity index (χ1n) is 5.64. The second-order valence-electron chi connectivity index (χ2n) is 3.65. The Morgan fingerprint density at radius 2 is 2.18 bits per heavy atom. The maximum absolute atomic E-state index is 11.3. The van der Waals surface area contributed by atoms with Gasteiger partial charge in [0, 0.05) is 0 Å².